The summed E-state index contributed by atoms with van der Waals surface area (Å²) in [5, 5.41) is 14.1. The molecule has 0 bridgehead atoms. The third-order valence-electron chi connectivity index (χ3n) is 4.65. The Balaban J connectivity index is 1.40. The highest BCUT2D eigenvalue weighted by Crippen LogP contribution is 2.31. The van der Waals surface area contributed by atoms with Crippen LogP contribution in [0.1, 0.15) is 36.0 Å². The maximum Gasteiger partial charge on any atom is 0.228 e. The van der Waals surface area contributed by atoms with Crippen LogP contribution in [0.5, 0.6) is 0 Å². The van der Waals surface area contributed by atoms with E-state index in [0.717, 1.165) is 42.3 Å². The van der Waals surface area contributed by atoms with Gasteiger partial charge in [0.1, 0.15) is 11.6 Å². The Bertz CT molecular complexity index is 798. The third-order valence-corrected chi connectivity index (χ3v) is 4.65. The maximum atomic E-state index is 12.5. The van der Waals surface area contributed by atoms with Crippen molar-refractivity contribution in [2.45, 2.75) is 38.1 Å². The van der Waals surface area contributed by atoms with Gasteiger partial charge >= 0.3 is 0 Å². The van der Waals surface area contributed by atoms with Crippen molar-refractivity contribution in [1.82, 2.24) is 20.1 Å². The van der Waals surface area contributed by atoms with Crippen LogP contribution in [0.25, 0.3) is 0 Å². The van der Waals surface area contributed by atoms with Crippen LogP contribution in [-0.2, 0) is 29.0 Å². The van der Waals surface area contributed by atoms with E-state index in [-0.39, 0.29) is 18.2 Å². The van der Waals surface area contributed by atoms with Crippen LogP contribution in [0.4, 0.5) is 5.69 Å². The van der Waals surface area contributed by atoms with E-state index < -0.39 is 5.92 Å². The fourth-order valence-electron chi connectivity index (χ4n) is 3.46. The Labute approximate surface area is 139 Å². The second-order valence-corrected chi connectivity index (χ2v) is 6.22. The molecule has 0 saturated carbocycles. The Morgan fingerprint density at radius 2 is 2.21 bits per heavy atom. The van der Waals surface area contributed by atoms with Crippen molar-refractivity contribution in [1.29, 1.82) is 0 Å². The molecule has 2 aliphatic rings. The molecular formula is C17H19N5O2. The molecule has 0 radical (unpaired) electrons. The molecule has 2 aliphatic heterocycles. The lowest BCUT2D eigenvalue weighted by Gasteiger charge is -2.24. The summed E-state index contributed by atoms with van der Waals surface area (Å²) in [6.07, 6.45) is 2.92. The van der Waals surface area contributed by atoms with Gasteiger partial charge in [-0.05, 0) is 18.1 Å². The SMILES string of the molecule is O=C1C[C@H](C(=O)NCCc2nnc3n2CCC3)c2ccccc2N1. The predicted octanol–water partition coefficient (Wildman–Crippen LogP) is 1.01. The lowest BCUT2D eigenvalue weighted by molar-refractivity contribution is -0.126. The molecule has 2 aromatic rings. The summed E-state index contributed by atoms with van der Waals surface area (Å²) in [7, 11) is 0. The molecule has 2 amide bonds. The van der Waals surface area contributed by atoms with E-state index in [1.165, 1.54) is 0 Å². The summed E-state index contributed by atoms with van der Waals surface area (Å²) in [5.41, 5.74) is 1.60. The van der Waals surface area contributed by atoms with Gasteiger partial charge < -0.3 is 15.2 Å². The molecule has 7 heteroatoms. The van der Waals surface area contributed by atoms with E-state index in [2.05, 4.69) is 25.4 Å². The number of anilines is 1. The monoisotopic (exact) mass is 325 g/mol. The molecule has 0 saturated heterocycles. The zero-order valence-electron chi connectivity index (χ0n) is 13.3. The van der Waals surface area contributed by atoms with Crippen LogP contribution >= 0.6 is 0 Å². The smallest absolute Gasteiger partial charge is 0.228 e. The van der Waals surface area contributed by atoms with Gasteiger partial charge in [0.15, 0.2) is 0 Å². The molecule has 124 valence electrons. The van der Waals surface area contributed by atoms with Gasteiger partial charge in [-0.25, -0.2) is 0 Å². The quantitative estimate of drug-likeness (QED) is 0.878. The predicted molar refractivity (Wildman–Crippen MR) is 87.5 cm³/mol. The van der Waals surface area contributed by atoms with E-state index in [9.17, 15) is 9.59 Å². The lowest BCUT2D eigenvalue weighted by atomic mass is 9.90. The fraction of sp³-hybridized carbons (Fsp3) is 0.412. The number of nitrogens with one attached hydrogen (secondary N) is 2. The normalized spacial score (nSPS) is 18.7. The molecule has 1 aromatic carbocycles. The number of rotatable bonds is 4. The average molecular weight is 325 g/mol. The molecule has 24 heavy (non-hydrogen) atoms. The van der Waals surface area contributed by atoms with Crippen molar-refractivity contribution in [3.8, 4) is 0 Å². The van der Waals surface area contributed by atoms with Gasteiger partial charge in [0.05, 0.1) is 5.92 Å². The van der Waals surface area contributed by atoms with Crippen molar-refractivity contribution in [2.24, 2.45) is 0 Å². The van der Waals surface area contributed by atoms with Crippen molar-refractivity contribution >= 4 is 17.5 Å². The molecule has 7 nitrogen and oxygen atoms in total. The van der Waals surface area contributed by atoms with Crippen LogP contribution in [0.15, 0.2) is 24.3 Å². The number of nitrogens with zero attached hydrogens (tertiary/aromatic N) is 3. The largest absolute Gasteiger partial charge is 0.355 e. The Kier molecular flexibility index (Phi) is 3.76. The molecule has 1 atom stereocenters. The minimum Gasteiger partial charge on any atom is -0.355 e. The third kappa shape index (κ3) is 2.66. The standard InChI is InChI=1S/C17H19N5O2/c23-16-10-12(11-4-1-2-5-13(11)19-16)17(24)18-8-7-15-21-20-14-6-3-9-22(14)15/h1-2,4-5,12H,3,6-10H2,(H,18,24)(H,19,23)/t12-/m0/s1. The molecule has 0 unspecified atom stereocenters. The summed E-state index contributed by atoms with van der Waals surface area (Å²) in [5.74, 6) is 1.29. The van der Waals surface area contributed by atoms with Crippen LogP contribution in [0.3, 0.4) is 0 Å². The van der Waals surface area contributed by atoms with E-state index in [4.69, 9.17) is 0 Å². The molecule has 0 spiro atoms. The molecular weight excluding hydrogens is 306 g/mol. The summed E-state index contributed by atoms with van der Waals surface area (Å²) >= 11 is 0. The minimum atomic E-state index is -0.431. The van der Waals surface area contributed by atoms with E-state index >= 15 is 0 Å². The number of carbonyl (C=O) groups excluding carboxylic acids is 2. The molecule has 1 aromatic heterocycles. The second kappa shape index (κ2) is 6.07. The van der Waals surface area contributed by atoms with E-state index in [0.29, 0.717) is 13.0 Å². The molecule has 0 aliphatic carbocycles. The van der Waals surface area contributed by atoms with Crippen LogP contribution in [0.2, 0.25) is 0 Å². The molecule has 0 fully saturated rings. The number of para-hydroxylation sites is 1. The Morgan fingerprint density at radius 1 is 1.33 bits per heavy atom. The van der Waals surface area contributed by atoms with Crippen molar-refractivity contribution in [3.05, 3.63) is 41.5 Å². The minimum absolute atomic E-state index is 0.113. The molecule has 4 rings (SSSR count). The second-order valence-electron chi connectivity index (χ2n) is 6.22. The first-order valence-electron chi connectivity index (χ1n) is 8.30. The van der Waals surface area contributed by atoms with Gasteiger partial charge in [0.2, 0.25) is 11.8 Å². The zero-order valence-corrected chi connectivity index (χ0v) is 13.3. The van der Waals surface area contributed by atoms with Crippen molar-refractivity contribution in [3.63, 3.8) is 0 Å². The van der Waals surface area contributed by atoms with Gasteiger partial charge in [0, 0.05) is 38.0 Å². The maximum absolute atomic E-state index is 12.5. The van der Waals surface area contributed by atoms with Crippen LogP contribution in [0, 0.1) is 0 Å². The van der Waals surface area contributed by atoms with Gasteiger partial charge in [-0.1, -0.05) is 18.2 Å². The number of amides is 2. The van der Waals surface area contributed by atoms with Gasteiger partial charge in [-0.3, -0.25) is 9.59 Å². The van der Waals surface area contributed by atoms with Crippen molar-refractivity contribution in [2.75, 3.05) is 11.9 Å². The summed E-state index contributed by atoms with van der Waals surface area (Å²) < 4.78 is 2.13. The molecule has 3 heterocycles. The van der Waals surface area contributed by atoms with Crippen molar-refractivity contribution < 1.29 is 9.59 Å². The first-order chi connectivity index (χ1) is 11.7. The van der Waals surface area contributed by atoms with Gasteiger partial charge in [-0.2, -0.15) is 0 Å². The number of hydrogen-bond donors (Lipinski definition) is 2. The van der Waals surface area contributed by atoms with Gasteiger partial charge in [0.25, 0.3) is 0 Å². The topological polar surface area (TPSA) is 88.9 Å². The molecule has 2 N–H and O–H groups in total. The average Bonchev–Trinajstić information content (AvgIpc) is 3.18. The number of hydrogen-bond acceptors (Lipinski definition) is 4. The van der Waals surface area contributed by atoms with Crippen LogP contribution in [-0.4, -0.2) is 33.1 Å². The highest BCUT2D eigenvalue weighted by atomic mass is 16.2. The number of carbonyl (C=O) groups is 2. The highest BCUT2D eigenvalue weighted by Gasteiger charge is 2.30. The number of aromatic nitrogens is 3. The van der Waals surface area contributed by atoms with E-state index in [1.807, 2.05) is 24.3 Å². The number of benzene rings is 1. The Hall–Kier alpha value is -2.70. The number of aryl methyl sites for hydroxylation is 1. The first-order valence-corrected chi connectivity index (χ1v) is 8.30. The Morgan fingerprint density at radius 3 is 3.12 bits per heavy atom. The van der Waals surface area contributed by atoms with Crippen LogP contribution < -0.4 is 10.6 Å². The number of fused-ring (bicyclic) bond motifs is 2. The summed E-state index contributed by atoms with van der Waals surface area (Å²) in [6.45, 7) is 1.46. The fourth-order valence-corrected chi connectivity index (χ4v) is 3.46. The lowest BCUT2D eigenvalue weighted by Crippen LogP contribution is -2.36. The van der Waals surface area contributed by atoms with Gasteiger partial charge in [-0.15, -0.1) is 10.2 Å². The summed E-state index contributed by atoms with van der Waals surface area (Å²) in [6, 6.07) is 7.46. The highest BCUT2D eigenvalue weighted by molar-refractivity contribution is 6.01. The van der Waals surface area contributed by atoms with E-state index in [1.54, 1.807) is 0 Å². The zero-order chi connectivity index (χ0) is 16.5. The summed E-state index contributed by atoms with van der Waals surface area (Å²) in [4.78, 5) is 24.4. The first kappa shape index (κ1) is 14.9.